The van der Waals surface area contributed by atoms with Crippen molar-refractivity contribution in [3.05, 3.63) is 71.5 Å². The van der Waals surface area contributed by atoms with Crippen LogP contribution in [0.2, 0.25) is 0 Å². The van der Waals surface area contributed by atoms with E-state index in [1.165, 1.54) is 24.5 Å². The number of aromatic hydroxyl groups is 1. The summed E-state index contributed by atoms with van der Waals surface area (Å²) in [6.45, 7) is -0.0964. The number of hydrogen-bond acceptors (Lipinski definition) is 7. The molecular formula is C21H22O7S. The fourth-order valence-electron chi connectivity index (χ4n) is 3.40. The zero-order valence-corrected chi connectivity index (χ0v) is 16.6. The highest BCUT2D eigenvalue weighted by Crippen LogP contribution is 2.39. The molecule has 0 saturated carbocycles. The Bertz CT molecular complexity index is 1010. The van der Waals surface area contributed by atoms with Crippen molar-refractivity contribution in [2.75, 3.05) is 13.7 Å². The van der Waals surface area contributed by atoms with Gasteiger partial charge in [-0.1, -0.05) is 30.3 Å². The number of phenolic OH excluding ortho intramolecular Hbond substituents is 1. The minimum atomic E-state index is -3.74. The van der Waals surface area contributed by atoms with E-state index in [9.17, 15) is 23.4 Å². The third kappa shape index (κ3) is 4.28. The van der Waals surface area contributed by atoms with Crippen molar-refractivity contribution in [1.82, 2.24) is 0 Å². The van der Waals surface area contributed by atoms with Crippen LogP contribution in [-0.4, -0.2) is 44.4 Å². The maximum atomic E-state index is 12.8. The van der Waals surface area contributed by atoms with Gasteiger partial charge in [0.2, 0.25) is 0 Å². The average Bonchev–Trinajstić information content (AvgIpc) is 3.16. The lowest BCUT2D eigenvalue weighted by Crippen LogP contribution is -2.18. The molecule has 8 heteroatoms. The lowest BCUT2D eigenvalue weighted by Gasteiger charge is -2.21. The predicted octanol–water partition coefficient (Wildman–Crippen LogP) is 2.53. The van der Waals surface area contributed by atoms with Crippen molar-refractivity contribution in [2.45, 2.75) is 29.1 Å². The first-order chi connectivity index (χ1) is 13.9. The van der Waals surface area contributed by atoms with Gasteiger partial charge >= 0.3 is 5.97 Å². The van der Waals surface area contributed by atoms with Crippen LogP contribution >= 0.6 is 0 Å². The van der Waals surface area contributed by atoms with E-state index in [0.29, 0.717) is 12.0 Å². The number of methoxy groups -OCH3 is 1. The number of rotatable bonds is 7. The van der Waals surface area contributed by atoms with Crippen LogP contribution in [-0.2, 0) is 25.1 Å². The van der Waals surface area contributed by atoms with Crippen LogP contribution in [0.4, 0.5) is 0 Å². The molecule has 154 valence electrons. The summed E-state index contributed by atoms with van der Waals surface area (Å²) < 4.78 is 35.8. The second kappa shape index (κ2) is 8.67. The van der Waals surface area contributed by atoms with E-state index < -0.39 is 27.7 Å². The Labute approximate surface area is 169 Å². The van der Waals surface area contributed by atoms with Gasteiger partial charge in [-0.2, -0.15) is 0 Å². The first kappa shape index (κ1) is 20.9. The Morgan fingerprint density at radius 3 is 2.55 bits per heavy atom. The summed E-state index contributed by atoms with van der Waals surface area (Å²) in [6.07, 6.45) is 3.15. The Hall–Kier alpha value is -2.84. The molecule has 0 aromatic heterocycles. The molecule has 1 heterocycles. The number of benzene rings is 2. The molecule has 2 atom stereocenters. The van der Waals surface area contributed by atoms with Gasteiger partial charge in [-0.3, -0.25) is 0 Å². The standard InChI is InChI=1S/C21H22O7S/c1-27-21(24)19-14(13-29(25,26)15-5-3-2-4-6-15)7-8-17(20(19)23)16-10-12-28-18(16)9-11-22/h2-8,10,12,16,18,22-23H,9,11,13H2,1H3. The zero-order valence-electron chi connectivity index (χ0n) is 15.8. The molecule has 0 bridgehead atoms. The number of carbonyl (C=O) groups excluding carboxylic acids is 1. The molecule has 2 aromatic carbocycles. The topological polar surface area (TPSA) is 110 Å². The van der Waals surface area contributed by atoms with Gasteiger partial charge in [0.1, 0.15) is 17.4 Å². The Kier molecular flexibility index (Phi) is 6.24. The van der Waals surface area contributed by atoms with E-state index in [1.807, 2.05) is 0 Å². The average molecular weight is 418 g/mol. The van der Waals surface area contributed by atoms with Gasteiger partial charge in [-0.15, -0.1) is 0 Å². The van der Waals surface area contributed by atoms with Crippen LogP contribution in [0.25, 0.3) is 0 Å². The van der Waals surface area contributed by atoms with E-state index in [2.05, 4.69) is 0 Å². The first-order valence-electron chi connectivity index (χ1n) is 9.03. The molecule has 0 radical (unpaired) electrons. The van der Waals surface area contributed by atoms with Crippen molar-refractivity contribution < 1.29 is 32.9 Å². The fraction of sp³-hybridized carbons (Fsp3) is 0.286. The second-order valence-electron chi connectivity index (χ2n) is 6.64. The normalized spacial score (nSPS) is 18.4. The molecule has 1 aliphatic rings. The SMILES string of the molecule is COC(=O)c1c(CS(=O)(=O)c2ccccc2)ccc(C2C=COC2CCO)c1O. The predicted molar refractivity (Wildman–Crippen MR) is 105 cm³/mol. The van der Waals surface area contributed by atoms with Gasteiger partial charge in [-0.25, -0.2) is 13.2 Å². The Balaban J connectivity index is 2.04. The van der Waals surface area contributed by atoms with Crippen molar-refractivity contribution in [3.8, 4) is 5.75 Å². The summed E-state index contributed by atoms with van der Waals surface area (Å²) in [5.41, 5.74) is 0.356. The number of carbonyl (C=O) groups is 1. The summed E-state index contributed by atoms with van der Waals surface area (Å²) in [5, 5.41) is 20.0. The lowest BCUT2D eigenvalue weighted by atomic mass is 9.89. The summed E-state index contributed by atoms with van der Waals surface area (Å²) in [5.74, 6) is -2.03. The minimum Gasteiger partial charge on any atom is -0.507 e. The van der Waals surface area contributed by atoms with E-state index in [1.54, 1.807) is 30.3 Å². The summed E-state index contributed by atoms with van der Waals surface area (Å²) in [6, 6.07) is 11.0. The third-order valence-corrected chi connectivity index (χ3v) is 6.53. The second-order valence-corrected chi connectivity index (χ2v) is 8.63. The molecule has 0 saturated heterocycles. The first-order valence-corrected chi connectivity index (χ1v) is 10.7. The van der Waals surface area contributed by atoms with Gasteiger partial charge in [0, 0.05) is 24.5 Å². The highest BCUT2D eigenvalue weighted by atomic mass is 32.2. The van der Waals surface area contributed by atoms with Crippen LogP contribution in [0.1, 0.15) is 33.8 Å². The largest absolute Gasteiger partial charge is 0.507 e. The van der Waals surface area contributed by atoms with E-state index >= 15 is 0 Å². The van der Waals surface area contributed by atoms with Gasteiger partial charge in [-0.05, 0) is 23.8 Å². The molecule has 2 N–H and O–H groups in total. The molecule has 2 aromatic rings. The molecule has 0 amide bonds. The molecule has 7 nitrogen and oxygen atoms in total. The van der Waals surface area contributed by atoms with Crippen LogP contribution in [0.3, 0.4) is 0 Å². The monoisotopic (exact) mass is 418 g/mol. The molecule has 1 aliphatic heterocycles. The Morgan fingerprint density at radius 1 is 1.17 bits per heavy atom. The van der Waals surface area contributed by atoms with Crippen molar-refractivity contribution >= 4 is 15.8 Å². The van der Waals surface area contributed by atoms with E-state index in [4.69, 9.17) is 9.47 Å². The molecule has 0 aliphatic carbocycles. The fourth-order valence-corrected chi connectivity index (χ4v) is 4.79. The minimum absolute atomic E-state index is 0.0964. The maximum Gasteiger partial charge on any atom is 0.341 e. The number of ether oxygens (including phenoxy) is 2. The van der Waals surface area contributed by atoms with Gasteiger partial charge in [0.15, 0.2) is 9.84 Å². The van der Waals surface area contributed by atoms with E-state index in [-0.39, 0.29) is 34.3 Å². The number of phenols is 1. The molecule has 3 rings (SSSR count). The summed E-state index contributed by atoms with van der Waals surface area (Å²) >= 11 is 0. The highest BCUT2D eigenvalue weighted by molar-refractivity contribution is 7.90. The van der Waals surface area contributed by atoms with E-state index in [0.717, 1.165) is 7.11 Å². The van der Waals surface area contributed by atoms with Crippen LogP contribution in [0.5, 0.6) is 5.75 Å². The van der Waals surface area contributed by atoms with Crippen LogP contribution in [0.15, 0.2) is 59.7 Å². The van der Waals surface area contributed by atoms with Crippen LogP contribution < -0.4 is 0 Å². The van der Waals surface area contributed by atoms with Crippen molar-refractivity contribution in [1.29, 1.82) is 0 Å². The molecular weight excluding hydrogens is 396 g/mol. The van der Waals surface area contributed by atoms with Gasteiger partial charge in [0.25, 0.3) is 0 Å². The summed E-state index contributed by atoms with van der Waals surface area (Å²) in [4.78, 5) is 12.5. The third-order valence-electron chi connectivity index (χ3n) is 4.85. The smallest absolute Gasteiger partial charge is 0.341 e. The summed E-state index contributed by atoms with van der Waals surface area (Å²) in [7, 11) is -2.57. The van der Waals surface area contributed by atoms with Crippen LogP contribution in [0, 0.1) is 0 Å². The quantitative estimate of drug-likeness (QED) is 0.665. The maximum absolute atomic E-state index is 12.8. The van der Waals surface area contributed by atoms with Crippen molar-refractivity contribution in [2.24, 2.45) is 0 Å². The number of aliphatic hydroxyl groups is 1. The molecule has 0 fully saturated rings. The molecule has 2 unspecified atom stereocenters. The number of aliphatic hydroxyl groups excluding tert-OH is 1. The lowest BCUT2D eigenvalue weighted by molar-refractivity contribution is 0.0595. The van der Waals surface area contributed by atoms with Gasteiger partial charge < -0.3 is 19.7 Å². The highest BCUT2D eigenvalue weighted by Gasteiger charge is 2.32. The Morgan fingerprint density at radius 2 is 1.90 bits per heavy atom. The number of esters is 1. The van der Waals surface area contributed by atoms with Crippen molar-refractivity contribution in [3.63, 3.8) is 0 Å². The number of sulfone groups is 1. The zero-order chi connectivity index (χ0) is 21.0. The molecule has 0 spiro atoms. The molecule has 29 heavy (non-hydrogen) atoms. The number of hydrogen-bond donors (Lipinski definition) is 2. The van der Waals surface area contributed by atoms with Gasteiger partial charge in [0.05, 0.1) is 24.0 Å².